The van der Waals surface area contributed by atoms with E-state index in [1.165, 1.54) is 0 Å². The Morgan fingerprint density at radius 1 is 1.67 bits per heavy atom. The zero-order valence-corrected chi connectivity index (χ0v) is 8.34. The van der Waals surface area contributed by atoms with Gasteiger partial charge in [0.05, 0.1) is 6.54 Å². The zero-order chi connectivity index (χ0) is 8.97. The van der Waals surface area contributed by atoms with Crippen molar-refractivity contribution in [2.24, 2.45) is 0 Å². The van der Waals surface area contributed by atoms with Crippen LogP contribution >= 0.6 is 11.8 Å². The number of hydrogen-bond donors (Lipinski definition) is 1. The molecular weight excluding hydrogens is 170 g/mol. The van der Waals surface area contributed by atoms with Gasteiger partial charge in [0.25, 0.3) is 0 Å². The lowest BCUT2D eigenvalue weighted by atomic mass is 10.6. The van der Waals surface area contributed by atoms with Gasteiger partial charge in [-0.15, -0.1) is 0 Å². The van der Waals surface area contributed by atoms with Gasteiger partial charge in [0.1, 0.15) is 5.82 Å². The van der Waals surface area contributed by atoms with Gasteiger partial charge in [0.15, 0.2) is 0 Å². The Bertz CT molecular complexity index is 232. The van der Waals surface area contributed by atoms with Crippen LogP contribution in [-0.2, 0) is 6.54 Å². The Kier molecular flexibility index (Phi) is 3.47. The first-order valence-electron chi connectivity index (χ1n) is 4.09. The molecular formula is C8H15N3S. The number of nitrogens with zero attached hydrogens (tertiary/aromatic N) is 2. The summed E-state index contributed by atoms with van der Waals surface area (Å²) in [5.41, 5.74) is 5.47. The third kappa shape index (κ3) is 3.17. The van der Waals surface area contributed by atoms with E-state index in [4.69, 9.17) is 5.73 Å². The van der Waals surface area contributed by atoms with Crippen molar-refractivity contribution in [3.8, 4) is 0 Å². The maximum Gasteiger partial charge on any atom is 0.145 e. The van der Waals surface area contributed by atoms with E-state index in [1.807, 2.05) is 28.7 Å². The van der Waals surface area contributed by atoms with Crippen LogP contribution in [0.15, 0.2) is 12.3 Å². The van der Waals surface area contributed by atoms with Crippen molar-refractivity contribution < 1.29 is 0 Å². The van der Waals surface area contributed by atoms with Gasteiger partial charge in [-0.25, -0.2) is 0 Å². The average Bonchev–Trinajstić information content (AvgIpc) is 2.35. The van der Waals surface area contributed by atoms with Crippen LogP contribution in [0.25, 0.3) is 0 Å². The quantitative estimate of drug-likeness (QED) is 0.775. The van der Waals surface area contributed by atoms with Gasteiger partial charge in [-0.05, 0) is 11.3 Å². The summed E-state index contributed by atoms with van der Waals surface area (Å²) in [6, 6.07) is 1.82. The fraction of sp³-hybridized carbons (Fsp3) is 0.625. The number of nitrogen functional groups attached to an aromatic ring is 1. The Labute approximate surface area is 77.3 Å². The summed E-state index contributed by atoms with van der Waals surface area (Å²) in [4.78, 5) is 0. The molecule has 0 aliphatic rings. The molecule has 2 N–H and O–H groups in total. The maximum atomic E-state index is 5.47. The van der Waals surface area contributed by atoms with Crippen LogP contribution in [0.1, 0.15) is 13.8 Å². The molecule has 0 bridgehead atoms. The van der Waals surface area contributed by atoms with Gasteiger partial charge in [0.2, 0.25) is 0 Å². The zero-order valence-electron chi connectivity index (χ0n) is 7.53. The number of rotatable bonds is 4. The number of thioether (sulfide) groups is 1. The van der Waals surface area contributed by atoms with Crippen molar-refractivity contribution >= 4 is 17.6 Å². The van der Waals surface area contributed by atoms with Gasteiger partial charge < -0.3 is 5.73 Å². The van der Waals surface area contributed by atoms with Gasteiger partial charge in [-0.3, -0.25) is 4.68 Å². The summed E-state index contributed by atoms with van der Waals surface area (Å²) in [5, 5.41) is 4.78. The largest absolute Gasteiger partial charge is 0.382 e. The highest BCUT2D eigenvalue weighted by Gasteiger charge is 1.96. The molecule has 0 unspecified atom stereocenters. The topological polar surface area (TPSA) is 43.8 Å². The standard InChI is InChI=1S/C8H15N3S/c1-7(2)12-6-5-11-4-3-8(9)10-11/h3-4,7H,5-6H2,1-2H3,(H2,9,10). The molecule has 1 rings (SSSR count). The SMILES string of the molecule is CC(C)SCCn1ccc(N)n1. The monoisotopic (exact) mass is 185 g/mol. The van der Waals surface area contributed by atoms with E-state index in [-0.39, 0.29) is 0 Å². The van der Waals surface area contributed by atoms with Crippen LogP contribution < -0.4 is 5.73 Å². The van der Waals surface area contributed by atoms with Crippen LogP contribution in [0.5, 0.6) is 0 Å². The van der Waals surface area contributed by atoms with E-state index < -0.39 is 0 Å². The van der Waals surface area contributed by atoms with Gasteiger partial charge in [0, 0.05) is 11.9 Å². The van der Waals surface area contributed by atoms with E-state index in [0.29, 0.717) is 11.1 Å². The summed E-state index contributed by atoms with van der Waals surface area (Å²) in [5.74, 6) is 1.70. The first-order valence-corrected chi connectivity index (χ1v) is 5.14. The van der Waals surface area contributed by atoms with E-state index in [9.17, 15) is 0 Å². The van der Waals surface area contributed by atoms with Crippen molar-refractivity contribution in [1.82, 2.24) is 9.78 Å². The summed E-state index contributed by atoms with van der Waals surface area (Å²) in [7, 11) is 0. The van der Waals surface area contributed by atoms with Crippen LogP contribution in [0.2, 0.25) is 0 Å². The second-order valence-corrected chi connectivity index (χ2v) is 4.61. The minimum atomic E-state index is 0.601. The van der Waals surface area contributed by atoms with Crippen molar-refractivity contribution in [3.05, 3.63) is 12.3 Å². The van der Waals surface area contributed by atoms with Crippen molar-refractivity contribution in [1.29, 1.82) is 0 Å². The molecule has 0 aromatic carbocycles. The molecule has 0 radical (unpaired) electrons. The maximum absolute atomic E-state index is 5.47. The van der Waals surface area contributed by atoms with Crippen molar-refractivity contribution in [2.75, 3.05) is 11.5 Å². The fourth-order valence-corrected chi connectivity index (χ4v) is 1.65. The third-order valence-electron chi connectivity index (χ3n) is 1.43. The Morgan fingerprint density at radius 2 is 2.42 bits per heavy atom. The van der Waals surface area contributed by atoms with Crippen LogP contribution in [0, 0.1) is 0 Å². The van der Waals surface area contributed by atoms with Crippen molar-refractivity contribution in [2.45, 2.75) is 25.6 Å². The molecule has 0 aliphatic heterocycles. The average molecular weight is 185 g/mol. The highest BCUT2D eigenvalue weighted by atomic mass is 32.2. The molecule has 0 atom stereocenters. The molecule has 1 heterocycles. The highest BCUT2D eigenvalue weighted by Crippen LogP contribution is 2.09. The predicted octanol–water partition coefficient (Wildman–Crippen LogP) is 1.61. The molecule has 68 valence electrons. The van der Waals surface area contributed by atoms with Gasteiger partial charge >= 0.3 is 0 Å². The second-order valence-electron chi connectivity index (χ2n) is 2.92. The van der Waals surface area contributed by atoms with Gasteiger partial charge in [-0.2, -0.15) is 16.9 Å². The first-order chi connectivity index (χ1) is 5.68. The molecule has 0 spiro atoms. The number of anilines is 1. The summed E-state index contributed by atoms with van der Waals surface area (Å²) in [6.07, 6.45) is 1.91. The predicted molar refractivity (Wildman–Crippen MR) is 54.2 cm³/mol. The molecule has 3 nitrogen and oxygen atoms in total. The van der Waals surface area contributed by atoms with Crippen LogP contribution in [0.4, 0.5) is 5.82 Å². The second kappa shape index (κ2) is 4.40. The fourth-order valence-electron chi connectivity index (χ4n) is 0.884. The lowest BCUT2D eigenvalue weighted by Gasteiger charge is -2.03. The summed E-state index contributed by atoms with van der Waals surface area (Å²) < 4.78 is 1.88. The van der Waals surface area contributed by atoms with Crippen LogP contribution in [0.3, 0.4) is 0 Å². The smallest absolute Gasteiger partial charge is 0.145 e. The van der Waals surface area contributed by atoms with E-state index in [0.717, 1.165) is 12.3 Å². The summed E-state index contributed by atoms with van der Waals surface area (Å²) in [6.45, 7) is 5.34. The van der Waals surface area contributed by atoms with E-state index in [1.54, 1.807) is 0 Å². The molecule has 4 heteroatoms. The van der Waals surface area contributed by atoms with Crippen molar-refractivity contribution in [3.63, 3.8) is 0 Å². The first kappa shape index (κ1) is 9.45. The highest BCUT2D eigenvalue weighted by molar-refractivity contribution is 7.99. The lowest BCUT2D eigenvalue weighted by Crippen LogP contribution is -2.03. The number of aromatic nitrogens is 2. The third-order valence-corrected chi connectivity index (χ3v) is 2.52. The molecule has 1 aromatic rings. The van der Waals surface area contributed by atoms with E-state index in [2.05, 4.69) is 18.9 Å². The van der Waals surface area contributed by atoms with E-state index >= 15 is 0 Å². The molecule has 1 aromatic heterocycles. The number of aryl methyl sites for hydroxylation is 1. The Morgan fingerprint density at radius 3 is 2.92 bits per heavy atom. The van der Waals surface area contributed by atoms with Crippen LogP contribution in [-0.4, -0.2) is 20.8 Å². The molecule has 0 saturated heterocycles. The molecule has 0 fully saturated rings. The lowest BCUT2D eigenvalue weighted by molar-refractivity contribution is 0.669. The minimum absolute atomic E-state index is 0.601. The normalized spacial score (nSPS) is 10.9. The Balaban J connectivity index is 2.24. The summed E-state index contributed by atoms with van der Waals surface area (Å²) >= 11 is 1.93. The van der Waals surface area contributed by atoms with Gasteiger partial charge in [-0.1, -0.05) is 13.8 Å². The molecule has 12 heavy (non-hydrogen) atoms. The molecule has 0 aliphatic carbocycles. The molecule has 0 amide bonds. The molecule has 0 saturated carbocycles. The minimum Gasteiger partial charge on any atom is -0.382 e. The number of hydrogen-bond acceptors (Lipinski definition) is 3. The number of nitrogens with two attached hydrogens (primary N) is 1. The Hall–Kier alpha value is -0.640.